The smallest absolute Gasteiger partial charge is 0.200 e. The van der Waals surface area contributed by atoms with Crippen LogP contribution in [0.1, 0.15) is 21.5 Å². The fraction of sp³-hybridized carbons (Fsp3) is 0.143. The molecule has 0 bridgehead atoms. The van der Waals surface area contributed by atoms with Gasteiger partial charge in [-0.05, 0) is 30.7 Å². The van der Waals surface area contributed by atoms with Crippen molar-refractivity contribution in [2.45, 2.75) is 6.92 Å². The number of rotatable bonds is 3. The molecule has 0 atom stereocenters. The number of ketones is 1. The molecule has 4 heteroatoms. The van der Waals surface area contributed by atoms with Gasteiger partial charge in [0.15, 0.2) is 5.78 Å². The lowest BCUT2D eigenvalue weighted by Crippen LogP contribution is -2.07. The fourth-order valence-corrected chi connectivity index (χ4v) is 1.73. The van der Waals surface area contributed by atoms with E-state index in [1.54, 1.807) is 18.3 Å². The van der Waals surface area contributed by atoms with E-state index in [0.29, 0.717) is 22.6 Å². The Morgan fingerprint density at radius 2 is 2.06 bits per heavy atom. The monoisotopic (exact) mass is 242 g/mol. The standard InChI is InChI=1S/C14H14N2O2/c1-9-3-4-10(13(7-9)18-2)14(17)11-8-16-6-5-12(11)15/h3-8H,1-2H3,(H2,15,16). The van der Waals surface area contributed by atoms with Gasteiger partial charge in [0.25, 0.3) is 0 Å². The molecule has 0 fully saturated rings. The molecule has 2 rings (SSSR count). The number of carbonyl (C=O) groups excluding carboxylic acids is 1. The molecule has 1 aromatic heterocycles. The average Bonchev–Trinajstić information content (AvgIpc) is 2.38. The molecule has 0 aliphatic carbocycles. The summed E-state index contributed by atoms with van der Waals surface area (Å²) in [6.07, 6.45) is 3.02. The Labute approximate surface area is 105 Å². The third kappa shape index (κ3) is 2.18. The second-order valence-electron chi connectivity index (χ2n) is 4.00. The van der Waals surface area contributed by atoms with E-state index in [-0.39, 0.29) is 5.78 Å². The summed E-state index contributed by atoms with van der Waals surface area (Å²) in [4.78, 5) is 16.3. The van der Waals surface area contributed by atoms with Gasteiger partial charge in [-0.15, -0.1) is 0 Å². The Balaban J connectivity index is 2.50. The molecule has 0 aliphatic rings. The lowest BCUT2D eigenvalue weighted by molar-refractivity contribution is 0.103. The van der Waals surface area contributed by atoms with Crippen LogP contribution in [-0.4, -0.2) is 17.9 Å². The third-order valence-corrected chi connectivity index (χ3v) is 2.70. The zero-order chi connectivity index (χ0) is 13.1. The summed E-state index contributed by atoms with van der Waals surface area (Å²) in [5, 5.41) is 0. The molecule has 2 N–H and O–H groups in total. The SMILES string of the molecule is COc1cc(C)ccc1C(=O)c1cnccc1N. The number of aromatic nitrogens is 1. The van der Waals surface area contributed by atoms with Crippen LogP contribution >= 0.6 is 0 Å². The minimum Gasteiger partial charge on any atom is -0.496 e. The molecule has 0 spiro atoms. The number of hydrogen-bond acceptors (Lipinski definition) is 4. The van der Waals surface area contributed by atoms with Crippen LogP contribution in [0.2, 0.25) is 0 Å². The number of anilines is 1. The van der Waals surface area contributed by atoms with Crippen molar-refractivity contribution in [3.05, 3.63) is 53.3 Å². The Morgan fingerprint density at radius 1 is 1.28 bits per heavy atom. The van der Waals surface area contributed by atoms with Crippen LogP contribution in [0.3, 0.4) is 0 Å². The van der Waals surface area contributed by atoms with Gasteiger partial charge in [0.1, 0.15) is 5.75 Å². The molecule has 2 aromatic rings. The van der Waals surface area contributed by atoms with Gasteiger partial charge >= 0.3 is 0 Å². The quantitative estimate of drug-likeness (QED) is 0.838. The van der Waals surface area contributed by atoms with Gasteiger partial charge in [-0.2, -0.15) is 0 Å². The minimum atomic E-state index is -0.183. The number of pyridine rings is 1. The van der Waals surface area contributed by atoms with Crippen molar-refractivity contribution >= 4 is 11.5 Å². The van der Waals surface area contributed by atoms with Crippen molar-refractivity contribution in [3.63, 3.8) is 0 Å². The van der Waals surface area contributed by atoms with Crippen LogP contribution in [0.5, 0.6) is 5.75 Å². The molecule has 18 heavy (non-hydrogen) atoms. The number of nitrogens with two attached hydrogens (primary N) is 1. The van der Waals surface area contributed by atoms with Crippen molar-refractivity contribution in [1.82, 2.24) is 4.98 Å². The number of carbonyl (C=O) groups is 1. The van der Waals surface area contributed by atoms with Crippen molar-refractivity contribution < 1.29 is 9.53 Å². The third-order valence-electron chi connectivity index (χ3n) is 2.70. The number of nitrogen functional groups attached to an aromatic ring is 1. The Morgan fingerprint density at radius 3 is 2.72 bits per heavy atom. The second-order valence-corrected chi connectivity index (χ2v) is 4.00. The number of nitrogens with zero attached hydrogens (tertiary/aromatic N) is 1. The van der Waals surface area contributed by atoms with Crippen molar-refractivity contribution in [2.24, 2.45) is 0 Å². The predicted molar refractivity (Wildman–Crippen MR) is 69.8 cm³/mol. The van der Waals surface area contributed by atoms with Gasteiger partial charge in [0.05, 0.1) is 18.2 Å². The average molecular weight is 242 g/mol. The van der Waals surface area contributed by atoms with Gasteiger partial charge in [-0.25, -0.2) is 0 Å². The molecule has 0 radical (unpaired) electrons. The second kappa shape index (κ2) is 4.87. The van der Waals surface area contributed by atoms with E-state index >= 15 is 0 Å². The summed E-state index contributed by atoms with van der Waals surface area (Å²) in [5.41, 5.74) is 8.10. The topological polar surface area (TPSA) is 65.2 Å². The molecular formula is C14H14N2O2. The lowest BCUT2D eigenvalue weighted by Gasteiger charge is -2.09. The van der Waals surface area contributed by atoms with Crippen molar-refractivity contribution in [1.29, 1.82) is 0 Å². The molecule has 0 aliphatic heterocycles. The van der Waals surface area contributed by atoms with Gasteiger partial charge < -0.3 is 10.5 Å². The van der Waals surface area contributed by atoms with Crippen LogP contribution in [0.4, 0.5) is 5.69 Å². The van der Waals surface area contributed by atoms with Gasteiger partial charge in [-0.1, -0.05) is 6.07 Å². The minimum absolute atomic E-state index is 0.183. The van der Waals surface area contributed by atoms with Crippen LogP contribution in [0.15, 0.2) is 36.7 Å². The van der Waals surface area contributed by atoms with Crippen molar-refractivity contribution in [2.75, 3.05) is 12.8 Å². The zero-order valence-corrected chi connectivity index (χ0v) is 10.3. The molecule has 0 amide bonds. The highest BCUT2D eigenvalue weighted by Crippen LogP contribution is 2.24. The number of aryl methyl sites for hydroxylation is 1. The van der Waals surface area contributed by atoms with Gasteiger partial charge in [-0.3, -0.25) is 9.78 Å². The van der Waals surface area contributed by atoms with Gasteiger partial charge in [0, 0.05) is 18.1 Å². The Kier molecular flexibility index (Phi) is 3.28. The molecule has 1 heterocycles. The first-order valence-corrected chi connectivity index (χ1v) is 5.52. The highest BCUT2D eigenvalue weighted by molar-refractivity contribution is 6.13. The number of hydrogen-bond donors (Lipinski definition) is 1. The molecule has 0 unspecified atom stereocenters. The lowest BCUT2D eigenvalue weighted by atomic mass is 10.0. The van der Waals surface area contributed by atoms with E-state index in [9.17, 15) is 4.79 Å². The van der Waals surface area contributed by atoms with E-state index in [4.69, 9.17) is 10.5 Å². The summed E-state index contributed by atoms with van der Waals surface area (Å²) in [6, 6.07) is 7.03. The summed E-state index contributed by atoms with van der Waals surface area (Å²) in [5.74, 6) is 0.362. The predicted octanol–water partition coefficient (Wildman–Crippen LogP) is 2.21. The van der Waals surface area contributed by atoms with Crippen LogP contribution in [0.25, 0.3) is 0 Å². The molecule has 0 saturated carbocycles. The molecule has 1 aromatic carbocycles. The number of methoxy groups -OCH3 is 1. The maximum absolute atomic E-state index is 12.4. The largest absolute Gasteiger partial charge is 0.496 e. The van der Waals surface area contributed by atoms with Crippen molar-refractivity contribution in [3.8, 4) is 5.75 Å². The Bertz CT molecular complexity index is 594. The zero-order valence-electron chi connectivity index (χ0n) is 10.3. The summed E-state index contributed by atoms with van der Waals surface area (Å²) >= 11 is 0. The molecular weight excluding hydrogens is 228 g/mol. The van der Waals surface area contributed by atoms with E-state index in [1.165, 1.54) is 13.3 Å². The number of benzene rings is 1. The maximum Gasteiger partial charge on any atom is 0.200 e. The van der Waals surface area contributed by atoms with Crippen LogP contribution in [0, 0.1) is 6.92 Å². The molecule has 0 saturated heterocycles. The highest BCUT2D eigenvalue weighted by atomic mass is 16.5. The van der Waals surface area contributed by atoms with Crippen LogP contribution in [-0.2, 0) is 0 Å². The maximum atomic E-state index is 12.4. The first kappa shape index (κ1) is 12.1. The normalized spacial score (nSPS) is 10.1. The molecule has 92 valence electrons. The highest BCUT2D eigenvalue weighted by Gasteiger charge is 2.16. The van der Waals surface area contributed by atoms with E-state index in [0.717, 1.165) is 5.56 Å². The van der Waals surface area contributed by atoms with Crippen LogP contribution < -0.4 is 10.5 Å². The number of ether oxygens (including phenoxy) is 1. The van der Waals surface area contributed by atoms with E-state index < -0.39 is 0 Å². The first-order chi connectivity index (χ1) is 8.63. The summed E-state index contributed by atoms with van der Waals surface area (Å²) < 4.78 is 5.23. The summed E-state index contributed by atoms with van der Waals surface area (Å²) in [6.45, 7) is 1.94. The van der Waals surface area contributed by atoms with Gasteiger partial charge in [0.2, 0.25) is 0 Å². The fourth-order valence-electron chi connectivity index (χ4n) is 1.73. The first-order valence-electron chi connectivity index (χ1n) is 5.52. The van der Waals surface area contributed by atoms with E-state index in [2.05, 4.69) is 4.98 Å². The summed E-state index contributed by atoms with van der Waals surface area (Å²) in [7, 11) is 1.54. The molecule has 4 nitrogen and oxygen atoms in total. The van der Waals surface area contributed by atoms with E-state index in [1.807, 2.05) is 19.1 Å². The Hall–Kier alpha value is -2.36.